The Kier molecular flexibility index (Phi) is 31.8. The first kappa shape index (κ1) is 47.8. The van der Waals surface area contributed by atoms with Crippen LogP contribution in [0.3, 0.4) is 0 Å². The second-order valence-electron chi connectivity index (χ2n) is 14.8. The van der Waals surface area contributed by atoms with E-state index in [0.29, 0.717) is 23.9 Å². The van der Waals surface area contributed by atoms with E-state index in [4.69, 9.17) is 18.5 Å². The molecule has 10 heteroatoms. The van der Waals surface area contributed by atoms with Gasteiger partial charge in [0, 0.05) is 12.8 Å². The summed E-state index contributed by atoms with van der Waals surface area (Å²) in [5, 5.41) is 0. The lowest BCUT2D eigenvalue weighted by molar-refractivity contribution is -0.870. The maximum Gasteiger partial charge on any atom is 0.472 e. The minimum Gasteiger partial charge on any atom is -0.462 e. The molecule has 0 aliphatic rings. The number of phosphoric ester groups is 1. The highest BCUT2D eigenvalue weighted by atomic mass is 31.2. The highest BCUT2D eigenvalue weighted by Gasteiger charge is 2.27. The highest BCUT2D eigenvalue weighted by molar-refractivity contribution is 7.47. The normalized spacial score (nSPS) is 13.6. The molecule has 2 atom stereocenters. The Bertz CT molecular complexity index is 847. The van der Waals surface area contributed by atoms with Crippen molar-refractivity contribution in [3.05, 3.63) is 12.7 Å². The van der Waals surface area contributed by atoms with Crippen LogP contribution in [0.1, 0.15) is 174 Å². The zero-order valence-corrected chi connectivity index (χ0v) is 33.2. The second kappa shape index (κ2) is 32.6. The Balaban J connectivity index is 4.38. The van der Waals surface area contributed by atoms with Crippen LogP contribution in [-0.2, 0) is 32.7 Å². The van der Waals surface area contributed by atoms with Crippen molar-refractivity contribution >= 4 is 19.8 Å². The van der Waals surface area contributed by atoms with Crippen LogP contribution in [0.2, 0.25) is 0 Å². The van der Waals surface area contributed by atoms with E-state index in [9.17, 15) is 19.0 Å². The number of hydrogen-bond acceptors (Lipinski definition) is 7. The average molecular weight is 719 g/mol. The lowest BCUT2D eigenvalue weighted by Gasteiger charge is -2.24. The van der Waals surface area contributed by atoms with E-state index in [-0.39, 0.29) is 25.6 Å². The summed E-state index contributed by atoms with van der Waals surface area (Å²) in [6, 6.07) is 0. The number of carbonyl (C=O) groups is 2. The summed E-state index contributed by atoms with van der Waals surface area (Å²) in [6.07, 6.45) is 30.0. The van der Waals surface area contributed by atoms with Crippen molar-refractivity contribution < 1.29 is 42.1 Å². The summed E-state index contributed by atoms with van der Waals surface area (Å²) in [5.41, 5.74) is 0. The summed E-state index contributed by atoms with van der Waals surface area (Å²) >= 11 is 0. The van der Waals surface area contributed by atoms with Gasteiger partial charge < -0.3 is 18.9 Å². The standard InChI is InChI=1S/C39H76NO8P/c1-6-8-10-12-14-16-18-20-22-23-25-27-29-31-38(41)45-35-37(36-47-49(43,44)46-34-33-40(3,4)5)48-39(42)32-30-28-26-24-21-19-17-15-13-11-9-7-2/h7,37H,2,6,8-36H2,1,3-5H3/p+1. The van der Waals surface area contributed by atoms with E-state index in [1.807, 2.05) is 27.2 Å². The molecule has 0 aromatic carbocycles. The molecule has 0 aromatic heterocycles. The molecule has 0 fully saturated rings. The molecule has 0 aliphatic carbocycles. The molecule has 0 amide bonds. The van der Waals surface area contributed by atoms with Crippen molar-refractivity contribution in [2.75, 3.05) is 47.5 Å². The Labute approximate surface area is 301 Å². The molecule has 0 saturated carbocycles. The van der Waals surface area contributed by atoms with Crippen molar-refractivity contribution in [2.24, 2.45) is 0 Å². The Morgan fingerprint density at radius 1 is 0.653 bits per heavy atom. The molecule has 0 radical (unpaired) electrons. The van der Waals surface area contributed by atoms with Crippen LogP contribution in [0.5, 0.6) is 0 Å². The third-order valence-electron chi connectivity index (χ3n) is 8.69. The number of rotatable bonds is 37. The summed E-state index contributed by atoms with van der Waals surface area (Å²) in [6.45, 7) is 5.94. The molecule has 1 N–H and O–H groups in total. The third-order valence-corrected chi connectivity index (χ3v) is 9.68. The number of allylic oxidation sites excluding steroid dienone is 1. The summed E-state index contributed by atoms with van der Waals surface area (Å²) in [5.74, 6) is -0.799. The summed E-state index contributed by atoms with van der Waals surface area (Å²) in [4.78, 5) is 35.2. The first-order valence-electron chi connectivity index (χ1n) is 19.9. The van der Waals surface area contributed by atoms with Gasteiger partial charge in [0.2, 0.25) is 0 Å². The number of phosphoric acid groups is 1. The SMILES string of the molecule is C=CCCCCCCCCCCCCC(=O)OC(COC(=O)CCCCCCCCCCCCCCC)COP(=O)(O)OCC[N+](C)(C)C. The van der Waals surface area contributed by atoms with E-state index in [2.05, 4.69) is 13.5 Å². The fourth-order valence-electron chi connectivity index (χ4n) is 5.52. The maximum atomic E-state index is 12.6. The van der Waals surface area contributed by atoms with Crippen LogP contribution >= 0.6 is 7.82 Å². The van der Waals surface area contributed by atoms with Gasteiger partial charge in [-0.3, -0.25) is 18.6 Å². The molecule has 0 spiro atoms. The molecular formula is C39H77NO8P+. The van der Waals surface area contributed by atoms with Crippen LogP contribution in [-0.4, -0.2) is 74.9 Å². The zero-order chi connectivity index (χ0) is 36.5. The van der Waals surface area contributed by atoms with Gasteiger partial charge >= 0.3 is 19.8 Å². The maximum absolute atomic E-state index is 12.6. The molecule has 49 heavy (non-hydrogen) atoms. The van der Waals surface area contributed by atoms with Gasteiger partial charge in [0.25, 0.3) is 0 Å². The molecule has 0 rings (SSSR count). The number of esters is 2. The number of hydrogen-bond donors (Lipinski definition) is 1. The predicted molar refractivity (Wildman–Crippen MR) is 201 cm³/mol. The average Bonchev–Trinajstić information content (AvgIpc) is 3.04. The molecule has 0 aliphatic heterocycles. The van der Waals surface area contributed by atoms with Gasteiger partial charge in [-0.05, 0) is 25.7 Å². The monoisotopic (exact) mass is 719 g/mol. The first-order valence-corrected chi connectivity index (χ1v) is 21.4. The van der Waals surface area contributed by atoms with Gasteiger partial charge in [0.15, 0.2) is 6.10 Å². The van der Waals surface area contributed by atoms with Crippen LogP contribution in [0, 0.1) is 0 Å². The van der Waals surface area contributed by atoms with Crippen LogP contribution in [0.25, 0.3) is 0 Å². The third kappa shape index (κ3) is 36.3. The first-order chi connectivity index (χ1) is 23.5. The van der Waals surface area contributed by atoms with E-state index in [1.54, 1.807) is 0 Å². The van der Waals surface area contributed by atoms with Gasteiger partial charge in [-0.15, -0.1) is 6.58 Å². The minimum atomic E-state index is -4.36. The lowest BCUT2D eigenvalue weighted by Crippen LogP contribution is -2.37. The summed E-state index contributed by atoms with van der Waals surface area (Å²) < 4.78 is 34.2. The van der Waals surface area contributed by atoms with Crippen molar-refractivity contribution in [2.45, 2.75) is 180 Å². The molecular weight excluding hydrogens is 641 g/mol. The largest absolute Gasteiger partial charge is 0.472 e. The van der Waals surface area contributed by atoms with Gasteiger partial charge in [-0.2, -0.15) is 0 Å². The molecule has 2 unspecified atom stereocenters. The molecule has 290 valence electrons. The van der Waals surface area contributed by atoms with Crippen LogP contribution in [0.15, 0.2) is 12.7 Å². The van der Waals surface area contributed by atoms with Crippen molar-refractivity contribution in [1.29, 1.82) is 0 Å². The van der Waals surface area contributed by atoms with Crippen molar-refractivity contribution in [3.63, 3.8) is 0 Å². The van der Waals surface area contributed by atoms with Crippen molar-refractivity contribution in [3.8, 4) is 0 Å². The number of unbranched alkanes of at least 4 members (excludes halogenated alkanes) is 22. The van der Waals surface area contributed by atoms with Gasteiger partial charge in [-0.25, -0.2) is 4.57 Å². The van der Waals surface area contributed by atoms with Crippen LogP contribution < -0.4 is 0 Å². The molecule has 0 heterocycles. The molecule has 9 nitrogen and oxygen atoms in total. The highest BCUT2D eigenvalue weighted by Crippen LogP contribution is 2.43. The predicted octanol–water partition coefficient (Wildman–Crippen LogP) is 10.6. The van der Waals surface area contributed by atoms with Crippen LogP contribution in [0.4, 0.5) is 0 Å². The minimum absolute atomic E-state index is 0.0333. The van der Waals surface area contributed by atoms with E-state index in [1.165, 1.54) is 103 Å². The number of carbonyl (C=O) groups excluding carboxylic acids is 2. The molecule has 0 bridgehead atoms. The van der Waals surface area contributed by atoms with Gasteiger partial charge in [-0.1, -0.05) is 141 Å². The summed E-state index contributed by atoms with van der Waals surface area (Å²) in [7, 11) is 1.48. The lowest BCUT2D eigenvalue weighted by atomic mass is 10.0. The zero-order valence-electron chi connectivity index (χ0n) is 32.3. The van der Waals surface area contributed by atoms with Gasteiger partial charge in [0.05, 0.1) is 27.7 Å². The second-order valence-corrected chi connectivity index (χ2v) is 16.2. The van der Waals surface area contributed by atoms with Gasteiger partial charge in [0.1, 0.15) is 19.8 Å². The topological polar surface area (TPSA) is 108 Å². The molecule has 0 aromatic rings. The van der Waals surface area contributed by atoms with E-state index < -0.39 is 26.5 Å². The van der Waals surface area contributed by atoms with Crippen molar-refractivity contribution in [1.82, 2.24) is 0 Å². The Morgan fingerprint density at radius 2 is 1.08 bits per heavy atom. The number of likely N-dealkylation sites (N-methyl/N-ethyl adjacent to an activating group) is 1. The Morgan fingerprint density at radius 3 is 1.53 bits per heavy atom. The fourth-order valence-corrected chi connectivity index (χ4v) is 6.26. The number of ether oxygens (including phenoxy) is 2. The van der Waals surface area contributed by atoms with E-state index in [0.717, 1.165) is 44.9 Å². The smallest absolute Gasteiger partial charge is 0.462 e. The molecule has 0 saturated heterocycles. The number of quaternary nitrogens is 1. The quantitative estimate of drug-likeness (QED) is 0.0222. The fraction of sp³-hybridized carbons (Fsp3) is 0.897. The van der Waals surface area contributed by atoms with E-state index >= 15 is 0 Å². The number of nitrogens with zero attached hydrogens (tertiary/aromatic N) is 1. The Hall–Kier alpha value is -1.25.